The lowest BCUT2D eigenvalue weighted by atomic mass is 10.1. The van der Waals surface area contributed by atoms with E-state index in [4.69, 9.17) is 0 Å². The summed E-state index contributed by atoms with van der Waals surface area (Å²) in [4.78, 5) is 0. The number of imidazole rings is 2. The lowest BCUT2D eigenvalue weighted by Crippen LogP contribution is -2.30. The Balaban J connectivity index is 1.30. The quantitative estimate of drug-likeness (QED) is 0.103. The van der Waals surface area contributed by atoms with E-state index in [0.29, 0.717) is 0 Å². The number of hydrogen-bond donors (Lipinski definition) is 0. The fraction of sp³-hybridized carbons (Fsp3) is 0.375. The van der Waals surface area contributed by atoms with Gasteiger partial charge in [-0.15, -0.1) is 0 Å². The van der Waals surface area contributed by atoms with E-state index >= 15 is 0 Å². The number of aromatic nitrogens is 4. The maximum atomic E-state index is 2.29. The molecule has 0 saturated heterocycles. The molecule has 0 N–H and O–H groups in total. The first-order valence-corrected chi connectivity index (χ1v) is 13.8. The van der Waals surface area contributed by atoms with Crippen molar-refractivity contribution in [3.8, 4) is 11.4 Å². The molecule has 2 aromatic carbocycles. The standard InChI is InChI=1S/C32H42N4/c1-3-5-7-9-21-33-23-25-35(27-33)31-17-13-29(14-18-31)11-12-30-15-19-32(20-16-30)36-26-24-34(28-36)22-10-8-6-4-2/h11-20,23-28H,3-10,21-22H2,1-2H3/q+2/b12-11+. The Morgan fingerprint density at radius 1 is 0.556 bits per heavy atom. The second-order valence-corrected chi connectivity index (χ2v) is 9.76. The molecule has 0 aliphatic carbocycles. The first-order valence-electron chi connectivity index (χ1n) is 13.8. The molecular weight excluding hydrogens is 440 g/mol. The van der Waals surface area contributed by atoms with Gasteiger partial charge < -0.3 is 0 Å². The Morgan fingerprint density at radius 2 is 0.972 bits per heavy atom. The third-order valence-corrected chi connectivity index (χ3v) is 6.77. The van der Waals surface area contributed by atoms with E-state index in [0.717, 1.165) is 13.1 Å². The van der Waals surface area contributed by atoms with Gasteiger partial charge in [-0.1, -0.05) is 75.9 Å². The van der Waals surface area contributed by atoms with Gasteiger partial charge in [0, 0.05) is 0 Å². The molecule has 4 rings (SSSR count). The second kappa shape index (κ2) is 13.6. The van der Waals surface area contributed by atoms with Crippen LogP contribution < -0.4 is 9.13 Å². The Labute approximate surface area is 217 Å². The molecule has 0 fully saturated rings. The van der Waals surface area contributed by atoms with Crippen LogP contribution in [-0.2, 0) is 13.1 Å². The van der Waals surface area contributed by atoms with Gasteiger partial charge >= 0.3 is 0 Å². The molecule has 0 bridgehead atoms. The number of unbranched alkanes of at least 4 members (excludes halogenated alkanes) is 6. The lowest BCUT2D eigenvalue weighted by Gasteiger charge is -2.00. The van der Waals surface area contributed by atoms with Crippen molar-refractivity contribution in [1.29, 1.82) is 0 Å². The normalized spacial score (nSPS) is 11.5. The predicted octanol–water partition coefficient (Wildman–Crippen LogP) is 7.17. The van der Waals surface area contributed by atoms with Gasteiger partial charge in [0.1, 0.15) is 36.2 Å². The molecular formula is C32H42N4+2. The molecule has 36 heavy (non-hydrogen) atoms. The van der Waals surface area contributed by atoms with Crippen LogP contribution in [0, 0.1) is 0 Å². The van der Waals surface area contributed by atoms with Crippen molar-refractivity contribution < 1.29 is 9.13 Å². The molecule has 0 spiro atoms. The summed E-state index contributed by atoms with van der Waals surface area (Å²) in [5, 5.41) is 0. The smallest absolute Gasteiger partial charge is 0.236 e. The van der Waals surface area contributed by atoms with E-state index in [1.807, 2.05) is 0 Å². The predicted molar refractivity (Wildman–Crippen MR) is 149 cm³/mol. The van der Waals surface area contributed by atoms with Gasteiger partial charge in [0.15, 0.2) is 0 Å². The summed E-state index contributed by atoms with van der Waals surface area (Å²) in [5.41, 5.74) is 4.80. The molecule has 4 aromatic rings. The highest BCUT2D eigenvalue weighted by atomic mass is 15.1. The fourth-order valence-corrected chi connectivity index (χ4v) is 4.51. The summed E-state index contributed by atoms with van der Waals surface area (Å²) >= 11 is 0. The minimum Gasteiger partial charge on any atom is -0.236 e. The molecule has 0 unspecified atom stereocenters. The molecule has 188 valence electrons. The van der Waals surface area contributed by atoms with Crippen LogP contribution in [0.3, 0.4) is 0 Å². The molecule has 0 amide bonds. The van der Waals surface area contributed by atoms with Crippen molar-refractivity contribution in [2.24, 2.45) is 0 Å². The summed E-state index contributed by atoms with van der Waals surface area (Å²) in [5.74, 6) is 0. The third-order valence-electron chi connectivity index (χ3n) is 6.77. The summed E-state index contributed by atoms with van der Waals surface area (Å²) in [6, 6.07) is 17.5. The monoisotopic (exact) mass is 482 g/mol. The average molecular weight is 483 g/mol. The van der Waals surface area contributed by atoms with Crippen LogP contribution in [0.15, 0.2) is 86.0 Å². The molecule has 2 heterocycles. The van der Waals surface area contributed by atoms with Crippen LogP contribution in [0.5, 0.6) is 0 Å². The van der Waals surface area contributed by atoms with Gasteiger partial charge in [0.25, 0.3) is 0 Å². The van der Waals surface area contributed by atoms with E-state index in [-0.39, 0.29) is 0 Å². The van der Waals surface area contributed by atoms with E-state index in [1.54, 1.807) is 0 Å². The average Bonchev–Trinajstić information content (AvgIpc) is 3.59. The molecule has 0 atom stereocenters. The van der Waals surface area contributed by atoms with E-state index in [1.165, 1.54) is 73.9 Å². The van der Waals surface area contributed by atoms with Gasteiger partial charge in [-0.05, 0) is 61.1 Å². The zero-order valence-electron chi connectivity index (χ0n) is 22.1. The van der Waals surface area contributed by atoms with Gasteiger partial charge in [-0.25, -0.2) is 18.3 Å². The van der Waals surface area contributed by atoms with E-state index in [9.17, 15) is 0 Å². The fourth-order valence-electron chi connectivity index (χ4n) is 4.51. The van der Waals surface area contributed by atoms with Crippen molar-refractivity contribution in [1.82, 2.24) is 9.13 Å². The minimum atomic E-state index is 1.09. The zero-order chi connectivity index (χ0) is 25.0. The topological polar surface area (TPSA) is 17.6 Å². The molecule has 0 aliphatic heterocycles. The Morgan fingerprint density at radius 3 is 1.36 bits per heavy atom. The molecule has 2 aromatic heterocycles. The van der Waals surface area contributed by atoms with Crippen molar-refractivity contribution in [3.05, 3.63) is 97.1 Å². The van der Waals surface area contributed by atoms with Gasteiger partial charge in [-0.2, -0.15) is 0 Å². The van der Waals surface area contributed by atoms with Crippen molar-refractivity contribution in [2.75, 3.05) is 0 Å². The van der Waals surface area contributed by atoms with E-state index in [2.05, 4.69) is 130 Å². The van der Waals surface area contributed by atoms with Gasteiger partial charge in [0.05, 0.1) is 13.1 Å². The van der Waals surface area contributed by atoms with Gasteiger partial charge in [0.2, 0.25) is 12.7 Å². The highest BCUT2D eigenvalue weighted by Gasteiger charge is 2.07. The first-order chi connectivity index (χ1) is 17.7. The van der Waals surface area contributed by atoms with Crippen LogP contribution in [0.2, 0.25) is 0 Å². The van der Waals surface area contributed by atoms with Gasteiger partial charge in [-0.3, -0.25) is 0 Å². The van der Waals surface area contributed by atoms with Crippen LogP contribution in [-0.4, -0.2) is 9.13 Å². The molecule has 4 heteroatoms. The molecule has 0 aliphatic rings. The number of hydrogen-bond acceptors (Lipinski definition) is 0. The number of nitrogens with zero attached hydrogens (tertiary/aromatic N) is 4. The summed E-state index contributed by atoms with van der Waals surface area (Å²) < 4.78 is 8.96. The number of rotatable bonds is 14. The largest absolute Gasteiger partial charge is 0.248 e. The molecule has 0 radical (unpaired) electrons. The van der Waals surface area contributed by atoms with Crippen LogP contribution >= 0.6 is 0 Å². The van der Waals surface area contributed by atoms with E-state index < -0.39 is 0 Å². The van der Waals surface area contributed by atoms with Crippen LogP contribution in [0.25, 0.3) is 23.5 Å². The summed E-state index contributed by atoms with van der Waals surface area (Å²) in [7, 11) is 0. The Kier molecular flexibility index (Phi) is 9.72. The number of aryl methyl sites for hydroxylation is 2. The molecule has 4 nitrogen and oxygen atoms in total. The SMILES string of the molecule is CCCCCC[n+]1ccn(-c2ccc(/C=C/c3ccc(-n4cc[n+](CCCCCC)c4)cc3)cc2)c1. The van der Waals surface area contributed by atoms with Crippen LogP contribution in [0.1, 0.15) is 76.3 Å². The highest BCUT2D eigenvalue weighted by Crippen LogP contribution is 2.14. The number of benzene rings is 2. The van der Waals surface area contributed by atoms with Crippen molar-refractivity contribution >= 4 is 12.2 Å². The van der Waals surface area contributed by atoms with Crippen LogP contribution in [0.4, 0.5) is 0 Å². The summed E-state index contributed by atoms with van der Waals surface area (Å²) in [6.45, 7) is 6.70. The minimum absolute atomic E-state index is 1.09. The lowest BCUT2D eigenvalue weighted by molar-refractivity contribution is -0.696. The molecule has 0 saturated carbocycles. The zero-order valence-corrected chi connectivity index (χ0v) is 22.1. The second-order valence-electron chi connectivity index (χ2n) is 9.76. The highest BCUT2D eigenvalue weighted by molar-refractivity contribution is 5.70. The van der Waals surface area contributed by atoms with Crippen molar-refractivity contribution in [2.45, 2.75) is 78.3 Å². The first kappa shape index (κ1) is 25.7. The third kappa shape index (κ3) is 7.55. The maximum absolute atomic E-state index is 2.29. The van der Waals surface area contributed by atoms with Crippen molar-refractivity contribution in [3.63, 3.8) is 0 Å². The summed E-state index contributed by atoms with van der Waals surface area (Å²) in [6.07, 6.45) is 27.7. The Bertz CT molecular complexity index is 1100. The maximum Gasteiger partial charge on any atom is 0.248 e. The Hall–Kier alpha value is -3.40.